The first-order valence-corrected chi connectivity index (χ1v) is 7.25. The molecule has 0 rings (SSSR count). The first-order valence-electron chi connectivity index (χ1n) is 7.25. The van der Waals surface area contributed by atoms with E-state index in [1.807, 2.05) is 0 Å². The van der Waals surface area contributed by atoms with Crippen LogP contribution < -0.4 is 0 Å². The Morgan fingerprint density at radius 1 is 0.900 bits per heavy atom. The van der Waals surface area contributed by atoms with Crippen molar-refractivity contribution in [2.45, 2.75) is 33.6 Å². The molecule has 0 aromatic carbocycles. The van der Waals surface area contributed by atoms with Crippen LogP contribution in [0.3, 0.4) is 0 Å². The minimum atomic E-state index is -0.295. The third-order valence-corrected chi connectivity index (χ3v) is 2.60. The fourth-order valence-electron chi connectivity index (χ4n) is 1.21. The fraction of sp³-hybridized carbons (Fsp3) is 0.800. The molecule has 0 saturated carbocycles. The highest BCUT2D eigenvalue weighted by atomic mass is 16.6. The summed E-state index contributed by atoms with van der Waals surface area (Å²) < 4.78 is 20.9. The number of carbonyl (C=O) groups excluding carboxylic acids is 1. The number of unbranched alkanes of at least 4 members (excludes halogenated alkanes) is 1. The van der Waals surface area contributed by atoms with Crippen LogP contribution in [0.15, 0.2) is 11.6 Å². The molecule has 20 heavy (non-hydrogen) atoms. The van der Waals surface area contributed by atoms with Crippen LogP contribution in [-0.2, 0) is 23.7 Å². The van der Waals surface area contributed by atoms with Gasteiger partial charge in [0.15, 0.2) is 0 Å². The molecule has 118 valence electrons. The van der Waals surface area contributed by atoms with E-state index in [2.05, 4.69) is 6.92 Å². The molecule has 0 aromatic rings. The van der Waals surface area contributed by atoms with Crippen molar-refractivity contribution in [1.82, 2.24) is 0 Å². The molecule has 5 nitrogen and oxygen atoms in total. The Morgan fingerprint density at radius 3 is 1.90 bits per heavy atom. The number of hydrogen-bond donors (Lipinski definition) is 0. The molecule has 0 aliphatic carbocycles. The monoisotopic (exact) mass is 288 g/mol. The molecule has 0 aliphatic rings. The predicted octanol–water partition coefficient (Wildman–Crippen LogP) is 2.35. The van der Waals surface area contributed by atoms with E-state index in [-0.39, 0.29) is 12.6 Å². The van der Waals surface area contributed by atoms with Gasteiger partial charge in [0, 0.05) is 12.2 Å². The van der Waals surface area contributed by atoms with Gasteiger partial charge in [0.1, 0.15) is 6.61 Å². The Bertz CT molecular complexity index is 263. The van der Waals surface area contributed by atoms with Crippen LogP contribution in [0.2, 0.25) is 0 Å². The first kappa shape index (κ1) is 19.1. The molecule has 0 spiro atoms. The smallest absolute Gasteiger partial charge is 0.333 e. The molecule has 0 amide bonds. The maximum Gasteiger partial charge on any atom is 0.333 e. The third-order valence-electron chi connectivity index (χ3n) is 2.60. The summed E-state index contributed by atoms with van der Waals surface area (Å²) in [6.07, 6.45) is 3.96. The second kappa shape index (κ2) is 14.5. The maximum absolute atomic E-state index is 11.3. The lowest BCUT2D eigenvalue weighted by Gasteiger charge is -2.07. The minimum absolute atomic E-state index is 0.268. The zero-order valence-corrected chi connectivity index (χ0v) is 13.0. The van der Waals surface area contributed by atoms with Gasteiger partial charge >= 0.3 is 5.97 Å². The van der Waals surface area contributed by atoms with Crippen LogP contribution in [-0.4, -0.2) is 52.2 Å². The van der Waals surface area contributed by atoms with Crippen molar-refractivity contribution >= 4 is 5.97 Å². The first-order chi connectivity index (χ1) is 9.72. The SMILES string of the molecule is C/C=C(\C)C(=O)OCCOCCOCCOCCCC. The van der Waals surface area contributed by atoms with E-state index in [9.17, 15) is 4.79 Å². The normalized spacial score (nSPS) is 11.7. The highest BCUT2D eigenvalue weighted by Crippen LogP contribution is 1.95. The topological polar surface area (TPSA) is 54.0 Å². The number of ether oxygens (including phenoxy) is 4. The molecule has 0 radical (unpaired) electrons. The van der Waals surface area contributed by atoms with Crippen LogP contribution in [0.5, 0.6) is 0 Å². The highest BCUT2D eigenvalue weighted by Gasteiger charge is 2.03. The number of carbonyl (C=O) groups is 1. The van der Waals surface area contributed by atoms with Gasteiger partial charge in [-0.1, -0.05) is 19.4 Å². The van der Waals surface area contributed by atoms with E-state index in [4.69, 9.17) is 18.9 Å². The molecule has 0 aliphatic heterocycles. The average Bonchev–Trinajstić information content (AvgIpc) is 2.47. The van der Waals surface area contributed by atoms with Gasteiger partial charge in [-0.3, -0.25) is 0 Å². The second-order valence-corrected chi connectivity index (χ2v) is 4.30. The van der Waals surface area contributed by atoms with Gasteiger partial charge in [-0.15, -0.1) is 0 Å². The molecule has 0 bridgehead atoms. The van der Waals surface area contributed by atoms with Crippen molar-refractivity contribution in [1.29, 1.82) is 0 Å². The molecule has 0 heterocycles. The molecule has 0 aromatic heterocycles. The number of hydrogen-bond acceptors (Lipinski definition) is 5. The Labute approximate surface area is 122 Å². The summed E-state index contributed by atoms with van der Waals surface area (Å²) in [7, 11) is 0. The lowest BCUT2D eigenvalue weighted by molar-refractivity contribution is -0.140. The van der Waals surface area contributed by atoms with Gasteiger partial charge in [-0.2, -0.15) is 0 Å². The van der Waals surface area contributed by atoms with Crippen molar-refractivity contribution < 1.29 is 23.7 Å². The summed E-state index contributed by atoms with van der Waals surface area (Å²) in [5, 5.41) is 0. The van der Waals surface area contributed by atoms with Crippen LogP contribution >= 0.6 is 0 Å². The Balaban J connectivity index is 3.15. The molecule has 5 heteroatoms. The standard InChI is InChI=1S/C15H28O5/c1-4-6-7-17-8-9-18-10-11-19-12-13-20-15(16)14(3)5-2/h5H,4,6-13H2,1-3H3/b14-5+. The number of rotatable bonds is 13. The number of esters is 1. The van der Waals surface area contributed by atoms with Crippen LogP contribution in [0, 0.1) is 0 Å². The Kier molecular flexibility index (Phi) is 13.8. The lowest BCUT2D eigenvalue weighted by atomic mass is 10.3. The highest BCUT2D eigenvalue weighted by molar-refractivity contribution is 5.87. The predicted molar refractivity (Wildman–Crippen MR) is 77.8 cm³/mol. The minimum Gasteiger partial charge on any atom is -0.460 e. The summed E-state index contributed by atoms with van der Waals surface area (Å²) in [6, 6.07) is 0. The van der Waals surface area contributed by atoms with E-state index < -0.39 is 0 Å². The van der Waals surface area contributed by atoms with E-state index in [0.717, 1.165) is 19.4 Å². The summed E-state index contributed by atoms with van der Waals surface area (Å²) in [4.78, 5) is 11.3. The Hall–Kier alpha value is -0.910. The molecule has 0 saturated heterocycles. The zero-order valence-electron chi connectivity index (χ0n) is 13.0. The second-order valence-electron chi connectivity index (χ2n) is 4.30. The van der Waals surface area contributed by atoms with E-state index in [1.54, 1.807) is 19.9 Å². The summed E-state index contributed by atoms with van der Waals surface area (Å²) in [6.45, 7) is 9.35. The molecule has 0 fully saturated rings. The number of allylic oxidation sites excluding steroid dienone is 1. The van der Waals surface area contributed by atoms with Gasteiger partial charge in [0.05, 0.1) is 33.0 Å². The van der Waals surface area contributed by atoms with Gasteiger partial charge < -0.3 is 18.9 Å². The molecule has 0 unspecified atom stereocenters. The molecular weight excluding hydrogens is 260 g/mol. The molecule has 0 N–H and O–H groups in total. The van der Waals surface area contributed by atoms with Gasteiger partial charge in [-0.05, 0) is 20.3 Å². The summed E-state index contributed by atoms with van der Waals surface area (Å²) in [5.41, 5.74) is 0.608. The summed E-state index contributed by atoms with van der Waals surface area (Å²) >= 11 is 0. The zero-order chi connectivity index (χ0) is 15.1. The lowest BCUT2D eigenvalue weighted by Crippen LogP contribution is -2.14. The molecular formula is C15H28O5. The summed E-state index contributed by atoms with van der Waals surface area (Å²) in [5.74, 6) is -0.295. The van der Waals surface area contributed by atoms with Crippen LogP contribution in [0.25, 0.3) is 0 Å². The largest absolute Gasteiger partial charge is 0.460 e. The van der Waals surface area contributed by atoms with Crippen LogP contribution in [0.4, 0.5) is 0 Å². The quantitative estimate of drug-likeness (QED) is 0.296. The van der Waals surface area contributed by atoms with E-state index in [0.29, 0.717) is 38.6 Å². The Morgan fingerprint density at radius 2 is 1.40 bits per heavy atom. The van der Waals surface area contributed by atoms with Gasteiger partial charge in [-0.25, -0.2) is 4.79 Å². The van der Waals surface area contributed by atoms with Gasteiger partial charge in [0.2, 0.25) is 0 Å². The van der Waals surface area contributed by atoms with Crippen molar-refractivity contribution in [2.24, 2.45) is 0 Å². The van der Waals surface area contributed by atoms with Crippen molar-refractivity contribution in [3.63, 3.8) is 0 Å². The van der Waals surface area contributed by atoms with Crippen LogP contribution in [0.1, 0.15) is 33.6 Å². The van der Waals surface area contributed by atoms with Crippen molar-refractivity contribution in [3.8, 4) is 0 Å². The van der Waals surface area contributed by atoms with Gasteiger partial charge in [0.25, 0.3) is 0 Å². The van der Waals surface area contributed by atoms with Crippen molar-refractivity contribution in [3.05, 3.63) is 11.6 Å². The van der Waals surface area contributed by atoms with Crippen molar-refractivity contribution in [2.75, 3.05) is 46.2 Å². The fourth-order valence-corrected chi connectivity index (χ4v) is 1.21. The third kappa shape index (κ3) is 12.1. The maximum atomic E-state index is 11.3. The van der Waals surface area contributed by atoms with E-state index in [1.165, 1.54) is 0 Å². The van der Waals surface area contributed by atoms with E-state index >= 15 is 0 Å². The molecule has 0 atom stereocenters. The average molecular weight is 288 g/mol.